The first-order chi connectivity index (χ1) is 10.3. The molecule has 102 valence electrons. The number of rotatable bonds is 0. The number of aromatic amines is 2. The van der Waals surface area contributed by atoms with Crippen LogP contribution in [0.5, 0.6) is 0 Å². The number of halogens is 1. The number of aromatic nitrogens is 4. The van der Waals surface area contributed by atoms with E-state index in [-0.39, 0.29) is 0 Å². The van der Waals surface area contributed by atoms with Crippen molar-refractivity contribution < 1.29 is 0 Å². The predicted molar refractivity (Wildman–Crippen MR) is 81.9 cm³/mol. The molecule has 0 unspecified atom stereocenters. The lowest BCUT2D eigenvalue weighted by atomic mass is 10.2. The summed E-state index contributed by atoms with van der Waals surface area (Å²) in [4.78, 5) is 14.0. The molecule has 0 saturated carbocycles. The Morgan fingerprint density at radius 1 is 0.905 bits per heavy atom. The molecule has 6 heteroatoms. The van der Waals surface area contributed by atoms with Crippen LogP contribution in [0.4, 0.5) is 0 Å². The minimum absolute atomic E-state index is 0.663. The summed E-state index contributed by atoms with van der Waals surface area (Å²) in [5.74, 6) is 0. The number of nitrogens with zero attached hydrogens (tertiary/aromatic N) is 3. The zero-order valence-electron chi connectivity index (χ0n) is 10.8. The second kappa shape index (κ2) is 5.65. The summed E-state index contributed by atoms with van der Waals surface area (Å²) in [6.45, 7) is 0. The molecule has 0 fully saturated rings. The van der Waals surface area contributed by atoms with E-state index in [1.807, 2.05) is 18.3 Å². The van der Waals surface area contributed by atoms with Crippen LogP contribution in [0.15, 0.2) is 49.1 Å². The van der Waals surface area contributed by atoms with E-state index < -0.39 is 0 Å². The van der Waals surface area contributed by atoms with E-state index in [1.165, 1.54) is 0 Å². The Bertz CT molecular complexity index is 932. The summed E-state index contributed by atoms with van der Waals surface area (Å²) in [6, 6.07) is 9.33. The van der Waals surface area contributed by atoms with Crippen LogP contribution in [0.25, 0.3) is 22.1 Å². The molecule has 0 amide bonds. The number of H-pyrrole nitrogens is 2. The van der Waals surface area contributed by atoms with Gasteiger partial charge in [0.25, 0.3) is 0 Å². The van der Waals surface area contributed by atoms with E-state index in [1.54, 1.807) is 30.7 Å². The molecule has 0 radical (unpaired) electrons. The van der Waals surface area contributed by atoms with Crippen LogP contribution in [0, 0.1) is 11.3 Å². The molecular formula is C15H10ClN5. The molecule has 0 bridgehead atoms. The Balaban J connectivity index is 0.000000126. The molecular weight excluding hydrogens is 286 g/mol. The Hall–Kier alpha value is -2.84. The van der Waals surface area contributed by atoms with E-state index >= 15 is 0 Å². The summed E-state index contributed by atoms with van der Waals surface area (Å²) >= 11 is 5.84. The Morgan fingerprint density at radius 3 is 2.19 bits per heavy atom. The highest BCUT2D eigenvalue weighted by Gasteiger charge is 1.99. The first kappa shape index (κ1) is 13.2. The second-order valence-electron chi connectivity index (χ2n) is 4.24. The number of fused-ring (bicyclic) bond motifs is 2. The van der Waals surface area contributed by atoms with Gasteiger partial charge in [-0.3, -0.25) is 0 Å². The summed E-state index contributed by atoms with van der Waals surface area (Å²) in [5, 5.41) is 11.3. The van der Waals surface area contributed by atoms with Crippen LogP contribution in [-0.4, -0.2) is 19.9 Å². The van der Waals surface area contributed by atoms with Gasteiger partial charge in [-0.2, -0.15) is 5.26 Å². The van der Waals surface area contributed by atoms with Crippen LogP contribution in [0.1, 0.15) is 5.56 Å². The molecule has 4 rings (SSSR count). The van der Waals surface area contributed by atoms with Gasteiger partial charge in [0.2, 0.25) is 0 Å². The molecule has 0 aliphatic rings. The fourth-order valence-electron chi connectivity index (χ4n) is 1.99. The third-order valence-electron chi connectivity index (χ3n) is 2.99. The third kappa shape index (κ3) is 2.57. The molecule has 5 nitrogen and oxygen atoms in total. The van der Waals surface area contributed by atoms with Crippen molar-refractivity contribution in [3.63, 3.8) is 0 Å². The molecule has 0 aromatic carbocycles. The average molecular weight is 296 g/mol. The lowest BCUT2D eigenvalue weighted by Gasteiger charge is -1.89. The van der Waals surface area contributed by atoms with E-state index in [2.05, 4.69) is 26.0 Å². The maximum absolute atomic E-state index is 8.66. The van der Waals surface area contributed by atoms with Gasteiger partial charge < -0.3 is 9.97 Å². The number of pyridine rings is 2. The van der Waals surface area contributed by atoms with Gasteiger partial charge in [0.05, 0.1) is 16.7 Å². The average Bonchev–Trinajstić information content (AvgIpc) is 3.16. The zero-order valence-corrected chi connectivity index (χ0v) is 11.6. The van der Waals surface area contributed by atoms with Gasteiger partial charge in [-0.05, 0) is 24.3 Å². The van der Waals surface area contributed by atoms with Crippen molar-refractivity contribution in [2.75, 3.05) is 0 Å². The molecule has 21 heavy (non-hydrogen) atoms. The Morgan fingerprint density at radius 2 is 1.52 bits per heavy atom. The van der Waals surface area contributed by atoms with Crippen molar-refractivity contribution in [3.05, 3.63) is 59.6 Å². The minimum Gasteiger partial charge on any atom is -0.346 e. The van der Waals surface area contributed by atoms with Gasteiger partial charge in [-0.1, -0.05) is 11.6 Å². The largest absolute Gasteiger partial charge is 0.346 e. The Labute approximate surface area is 125 Å². The van der Waals surface area contributed by atoms with Gasteiger partial charge in [0.1, 0.15) is 11.3 Å². The number of hydrogen-bond acceptors (Lipinski definition) is 3. The summed E-state index contributed by atoms with van der Waals surface area (Å²) in [7, 11) is 0. The van der Waals surface area contributed by atoms with Gasteiger partial charge in [0.15, 0.2) is 0 Å². The normalized spacial score (nSPS) is 10.1. The molecule has 0 aliphatic carbocycles. The van der Waals surface area contributed by atoms with Crippen molar-refractivity contribution in [2.24, 2.45) is 0 Å². The molecule has 0 aliphatic heterocycles. The van der Waals surface area contributed by atoms with Gasteiger partial charge in [0, 0.05) is 35.6 Å². The topological polar surface area (TPSA) is 81.2 Å². The molecule has 0 saturated heterocycles. The van der Waals surface area contributed by atoms with E-state index in [0.717, 1.165) is 27.1 Å². The first-order valence-electron chi connectivity index (χ1n) is 6.19. The predicted octanol–water partition coefficient (Wildman–Crippen LogP) is 3.65. The Kier molecular flexibility index (Phi) is 3.54. The van der Waals surface area contributed by atoms with Crippen LogP contribution >= 0.6 is 11.6 Å². The first-order valence-corrected chi connectivity index (χ1v) is 6.57. The lowest BCUT2D eigenvalue weighted by Crippen LogP contribution is -1.78. The van der Waals surface area contributed by atoms with Gasteiger partial charge >= 0.3 is 0 Å². The van der Waals surface area contributed by atoms with Gasteiger partial charge in [-0.15, -0.1) is 0 Å². The highest BCUT2D eigenvalue weighted by atomic mass is 35.5. The van der Waals surface area contributed by atoms with Crippen LogP contribution in [0.2, 0.25) is 5.02 Å². The maximum atomic E-state index is 8.66. The van der Waals surface area contributed by atoms with Crippen LogP contribution < -0.4 is 0 Å². The van der Waals surface area contributed by atoms with Crippen molar-refractivity contribution in [2.45, 2.75) is 0 Å². The summed E-state index contributed by atoms with van der Waals surface area (Å²) in [5.41, 5.74) is 2.27. The third-order valence-corrected chi connectivity index (χ3v) is 3.32. The molecule has 2 N–H and O–H groups in total. The van der Waals surface area contributed by atoms with Gasteiger partial charge in [-0.25, -0.2) is 9.97 Å². The summed E-state index contributed by atoms with van der Waals surface area (Å²) in [6.07, 6.45) is 6.90. The zero-order chi connectivity index (χ0) is 14.7. The molecule has 0 spiro atoms. The van der Waals surface area contributed by atoms with Crippen molar-refractivity contribution in [1.29, 1.82) is 5.26 Å². The maximum Gasteiger partial charge on any atom is 0.138 e. The standard InChI is InChI=1S/C8H5N3.C7H5ClN2/c9-5-6-1-3-10-8-7(6)2-4-11-8;8-6-2-4-10-7-5(6)1-3-9-7/h1-4H,(H,10,11);1-4H,(H,9,10). The number of hydrogen-bond donors (Lipinski definition) is 2. The van der Waals surface area contributed by atoms with E-state index in [4.69, 9.17) is 16.9 Å². The van der Waals surface area contributed by atoms with Crippen molar-refractivity contribution in [1.82, 2.24) is 19.9 Å². The lowest BCUT2D eigenvalue weighted by molar-refractivity contribution is 1.32. The quantitative estimate of drug-likeness (QED) is 0.519. The highest BCUT2D eigenvalue weighted by Crippen LogP contribution is 2.19. The van der Waals surface area contributed by atoms with Crippen LogP contribution in [0.3, 0.4) is 0 Å². The smallest absolute Gasteiger partial charge is 0.138 e. The SMILES string of the molecule is Clc1ccnc2[nH]ccc12.N#Cc1ccnc2[nH]ccc12. The van der Waals surface area contributed by atoms with Crippen LogP contribution in [-0.2, 0) is 0 Å². The van der Waals surface area contributed by atoms with Crippen molar-refractivity contribution >= 4 is 33.7 Å². The fraction of sp³-hybridized carbons (Fsp3) is 0. The molecule has 4 aromatic heterocycles. The highest BCUT2D eigenvalue weighted by molar-refractivity contribution is 6.35. The van der Waals surface area contributed by atoms with Crippen molar-refractivity contribution in [3.8, 4) is 6.07 Å². The second-order valence-corrected chi connectivity index (χ2v) is 4.65. The molecule has 0 atom stereocenters. The number of nitriles is 1. The molecule has 4 aromatic rings. The fourth-order valence-corrected chi connectivity index (χ4v) is 2.19. The monoisotopic (exact) mass is 295 g/mol. The van der Waals surface area contributed by atoms with E-state index in [9.17, 15) is 0 Å². The minimum atomic E-state index is 0.663. The molecule has 4 heterocycles. The summed E-state index contributed by atoms with van der Waals surface area (Å²) < 4.78 is 0. The number of nitrogens with one attached hydrogen (secondary N) is 2. The van der Waals surface area contributed by atoms with E-state index in [0.29, 0.717) is 5.56 Å².